The molecule has 4 heteroatoms. The van der Waals surface area contributed by atoms with Gasteiger partial charge in [0.2, 0.25) is 5.91 Å². The molecule has 78 valence electrons. The lowest BCUT2D eigenvalue weighted by Gasteiger charge is -2.05. The predicted molar refractivity (Wildman–Crippen MR) is 52.7 cm³/mol. The topological polar surface area (TPSA) is 55.1 Å². The van der Waals surface area contributed by atoms with E-state index in [4.69, 9.17) is 4.42 Å². The number of aromatic nitrogens is 1. The van der Waals surface area contributed by atoms with Gasteiger partial charge in [-0.25, -0.2) is 4.98 Å². The van der Waals surface area contributed by atoms with Crippen LogP contribution < -0.4 is 5.32 Å². The van der Waals surface area contributed by atoms with Gasteiger partial charge in [0.25, 0.3) is 0 Å². The Morgan fingerprint density at radius 1 is 1.64 bits per heavy atom. The number of hydrogen-bond acceptors (Lipinski definition) is 3. The first-order valence-corrected chi connectivity index (χ1v) is 4.82. The van der Waals surface area contributed by atoms with Crippen LogP contribution in [0.4, 0.5) is 0 Å². The molecule has 1 aromatic heterocycles. The molecule has 0 aliphatic carbocycles. The first-order chi connectivity index (χ1) is 6.68. The predicted octanol–water partition coefficient (Wildman–Crippen LogP) is 1.38. The lowest BCUT2D eigenvalue weighted by Crippen LogP contribution is -2.26. The van der Waals surface area contributed by atoms with E-state index >= 15 is 0 Å². The van der Waals surface area contributed by atoms with Crippen LogP contribution in [0.3, 0.4) is 0 Å². The fourth-order valence-electron chi connectivity index (χ4n) is 1.13. The Bertz CT molecular complexity index is 268. The first-order valence-electron chi connectivity index (χ1n) is 4.82. The third kappa shape index (κ3) is 4.07. The minimum atomic E-state index is 0.100. The fourth-order valence-corrected chi connectivity index (χ4v) is 1.13. The van der Waals surface area contributed by atoms with Crippen LogP contribution in [0.2, 0.25) is 0 Å². The zero-order valence-electron chi connectivity index (χ0n) is 8.62. The SMILES string of the molecule is CC(C)CC(=O)NCCc1cocn1. The summed E-state index contributed by atoms with van der Waals surface area (Å²) in [6.07, 6.45) is 4.29. The molecule has 1 rings (SSSR count). The quantitative estimate of drug-likeness (QED) is 0.774. The second-order valence-electron chi connectivity index (χ2n) is 3.68. The van der Waals surface area contributed by atoms with Gasteiger partial charge in [-0.05, 0) is 5.92 Å². The molecule has 0 unspecified atom stereocenters. The Morgan fingerprint density at radius 2 is 2.43 bits per heavy atom. The molecule has 0 aliphatic heterocycles. The molecule has 0 bridgehead atoms. The summed E-state index contributed by atoms with van der Waals surface area (Å²) in [4.78, 5) is 15.2. The van der Waals surface area contributed by atoms with Crippen LogP contribution in [0.15, 0.2) is 17.1 Å². The van der Waals surface area contributed by atoms with E-state index in [1.54, 1.807) is 6.26 Å². The minimum Gasteiger partial charge on any atom is -0.451 e. The summed E-state index contributed by atoms with van der Waals surface area (Å²) in [5.41, 5.74) is 0.870. The third-order valence-corrected chi connectivity index (χ3v) is 1.78. The van der Waals surface area contributed by atoms with E-state index in [-0.39, 0.29) is 5.91 Å². The summed E-state index contributed by atoms with van der Waals surface area (Å²) in [6.45, 7) is 4.67. The Morgan fingerprint density at radius 3 is 3.00 bits per heavy atom. The highest BCUT2D eigenvalue weighted by Gasteiger charge is 2.04. The van der Waals surface area contributed by atoms with Crippen LogP contribution in [0.25, 0.3) is 0 Å². The van der Waals surface area contributed by atoms with Gasteiger partial charge in [0.1, 0.15) is 6.26 Å². The van der Waals surface area contributed by atoms with Crippen LogP contribution in [0, 0.1) is 5.92 Å². The average Bonchev–Trinajstić information content (AvgIpc) is 2.55. The summed E-state index contributed by atoms with van der Waals surface area (Å²) in [5, 5.41) is 2.83. The minimum absolute atomic E-state index is 0.100. The molecule has 1 N–H and O–H groups in total. The molecule has 0 aliphatic rings. The van der Waals surface area contributed by atoms with Crippen LogP contribution >= 0.6 is 0 Å². The molecule has 0 aromatic carbocycles. The van der Waals surface area contributed by atoms with Gasteiger partial charge in [-0.2, -0.15) is 0 Å². The monoisotopic (exact) mass is 196 g/mol. The van der Waals surface area contributed by atoms with Crippen molar-refractivity contribution in [3.63, 3.8) is 0 Å². The Labute approximate surface area is 83.7 Å². The molecule has 0 spiro atoms. The van der Waals surface area contributed by atoms with Gasteiger partial charge in [0.15, 0.2) is 6.39 Å². The molecule has 4 nitrogen and oxygen atoms in total. The number of hydrogen-bond donors (Lipinski definition) is 1. The summed E-state index contributed by atoms with van der Waals surface area (Å²) in [5.74, 6) is 0.505. The van der Waals surface area contributed by atoms with E-state index in [2.05, 4.69) is 10.3 Å². The summed E-state index contributed by atoms with van der Waals surface area (Å²) in [6, 6.07) is 0. The summed E-state index contributed by atoms with van der Waals surface area (Å²) in [7, 11) is 0. The maximum absolute atomic E-state index is 11.2. The molecule has 0 saturated heterocycles. The van der Waals surface area contributed by atoms with E-state index < -0.39 is 0 Å². The van der Waals surface area contributed by atoms with E-state index in [9.17, 15) is 4.79 Å². The number of amides is 1. The van der Waals surface area contributed by atoms with Crippen molar-refractivity contribution in [3.05, 3.63) is 18.4 Å². The van der Waals surface area contributed by atoms with Crippen LogP contribution in [-0.4, -0.2) is 17.4 Å². The normalized spacial score (nSPS) is 10.5. The van der Waals surface area contributed by atoms with E-state index in [0.29, 0.717) is 18.9 Å². The van der Waals surface area contributed by atoms with Crippen molar-refractivity contribution < 1.29 is 9.21 Å². The third-order valence-electron chi connectivity index (χ3n) is 1.78. The zero-order valence-corrected chi connectivity index (χ0v) is 8.62. The lowest BCUT2D eigenvalue weighted by atomic mass is 10.1. The van der Waals surface area contributed by atoms with Gasteiger partial charge in [-0.3, -0.25) is 4.79 Å². The highest BCUT2D eigenvalue weighted by Crippen LogP contribution is 1.98. The number of nitrogens with one attached hydrogen (secondary N) is 1. The first kappa shape index (κ1) is 10.8. The molecule has 0 atom stereocenters. The summed E-state index contributed by atoms with van der Waals surface area (Å²) >= 11 is 0. The fraction of sp³-hybridized carbons (Fsp3) is 0.600. The van der Waals surface area contributed by atoms with Crippen molar-refractivity contribution in [3.8, 4) is 0 Å². The van der Waals surface area contributed by atoms with E-state index in [0.717, 1.165) is 12.1 Å². The second kappa shape index (κ2) is 5.42. The zero-order chi connectivity index (χ0) is 10.4. The average molecular weight is 196 g/mol. The van der Waals surface area contributed by atoms with Crippen molar-refractivity contribution in [2.75, 3.05) is 6.54 Å². The van der Waals surface area contributed by atoms with Crippen LogP contribution in [-0.2, 0) is 11.2 Å². The number of carbonyl (C=O) groups excluding carboxylic acids is 1. The highest BCUT2D eigenvalue weighted by molar-refractivity contribution is 5.75. The molecular weight excluding hydrogens is 180 g/mol. The van der Waals surface area contributed by atoms with Crippen molar-refractivity contribution in [2.24, 2.45) is 5.92 Å². The molecule has 1 amide bonds. The molecule has 1 heterocycles. The second-order valence-corrected chi connectivity index (χ2v) is 3.68. The number of carbonyl (C=O) groups is 1. The van der Waals surface area contributed by atoms with E-state index in [1.165, 1.54) is 6.39 Å². The highest BCUT2D eigenvalue weighted by atomic mass is 16.3. The molecule has 1 aromatic rings. The Kier molecular flexibility index (Phi) is 4.16. The Balaban J connectivity index is 2.12. The maximum atomic E-state index is 11.2. The van der Waals surface area contributed by atoms with Crippen LogP contribution in [0.1, 0.15) is 26.0 Å². The molecule has 14 heavy (non-hydrogen) atoms. The molecule has 0 radical (unpaired) electrons. The van der Waals surface area contributed by atoms with Crippen molar-refractivity contribution in [1.82, 2.24) is 10.3 Å². The number of nitrogens with zero attached hydrogens (tertiary/aromatic N) is 1. The molecule has 0 fully saturated rings. The maximum Gasteiger partial charge on any atom is 0.220 e. The number of rotatable bonds is 5. The number of oxazole rings is 1. The smallest absolute Gasteiger partial charge is 0.220 e. The van der Waals surface area contributed by atoms with Crippen LogP contribution in [0.5, 0.6) is 0 Å². The van der Waals surface area contributed by atoms with Crippen molar-refractivity contribution >= 4 is 5.91 Å². The van der Waals surface area contributed by atoms with Crippen molar-refractivity contribution in [1.29, 1.82) is 0 Å². The lowest BCUT2D eigenvalue weighted by molar-refractivity contribution is -0.121. The standard InChI is InChI=1S/C10H16N2O2/c1-8(2)5-10(13)11-4-3-9-6-14-7-12-9/h6-8H,3-5H2,1-2H3,(H,11,13). The van der Waals surface area contributed by atoms with Gasteiger partial charge >= 0.3 is 0 Å². The van der Waals surface area contributed by atoms with Gasteiger partial charge < -0.3 is 9.73 Å². The van der Waals surface area contributed by atoms with Gasteiger partial charge in [0.05, 0.1) is 5.69 Å². The van der Waals surface area contributed by atoms with E-state index in [1.807, 2.05) is 13.8 Å². The molecule has 0 saturated carbocycles. The summed E-state index contributed by atoms with van der Waals surface area (Å²) < 4.78 is 4.81. The van der Waals surface area contributed by atoms with Crippen molar-refractivity contribution in [2.45, 2.75) is 26.7 Å². The Hall–Kier alpha value is -1.32. The van der Waals surface area contributed by atoms with Gasteiger partial charge in [-0.1, -0.05) is 13.8 Å². The largest absolute Gasteiger partial charge is 0.451 e. The van der Waals surface area contributed by atoms with Gasteiger partial charge in [-0.15, -0.1) is 0 Å². The molecular formula is C10H16N2O2. The van der Waals surface area contributed by atoms with Gasteiger partial charge in [0, 0.05) is 19.4 Å².